The topological polar surface area (TPSA) is 70.8 Å². The van der Waals surface area contributed by atoms with E-state index < -0.39 is 0 Å². The second-order valence-corrected chi connectivity index (χ2v) is 5.93. The van der Waals surface area contributed by atoms with Gasteiger partial charge in [0.15, 0.2) is 0 Å². The minimum atomic E-state index is 0.225. The van der Waals surface area contributed by atoms with Crippen LogP contribution in [0.25, 0.3) is 0 Å². The van der Waals surface area contributed by atoms with Crippen LogP contribution in [0.1, 0.15) is 45.9 Å². The molecule has 102 valence electrons. The number of nitrogens with zero attached hydrogens (tertiary/aromatic N) is 3. The summed E-state index contributed by atoms with van der Waals surface area (Å²) in [5, 5.41) is 7.40. The van der Waals surface area contributed by atoms with Gasteiger partial charge in [0.1, 0.15) is 5.82 Å². The van der Waals surface area contributed by atoms with Gasteiger partial charge in [-0.25, -0.2) is 0 Å². The van der Waals surface area contributed by atoms with Gasteiger partial charge in [-0.15, -0.1) is 5.10 Å². The number of hydrogen-bond acceptors (Lipinski definition) is 4. The van der Waals surface area contributed by atoms with Gasteiger partial charge in [-0.1, -0.05) is 27.7 Å². The quantitative estimate of drug-likeness (QED) is 0.858. The summed E-state index contributed by atoms with van der Waals surface area (Å²) in [5.41, 5.74) is 6.11. The van der Waals surface area contributed by atoms with E-state index in [4.69, 9.17) is 5.73 Å². The summed E-state index contributed by atoms with van der Waals surface area (Å²) in [6, 6.07) is 0.225. The fourth-order valence-electron chi connectivity index (χ4n) is 2.21. The van der Waals surface area contributed by atoms with E-state index in [1.54, 1.807) is 0 Å². The van der Waals surface area contributed by atoms with Gasteiger partial charge in [0.05, 0.1) is 0 Å². The average Bonchev–Trinajstić information content (AvgIpc) is 2.81. The molecule has 0 aromatic carbocycles. The molecular formula is C13H25N5. The summed E-state index contributed by atoms with van der Waals surface area (Å²) < 4.78 is 0. The monoisotopic (exact) mass is 251 g/mol. The second-order valence-electron chi connectivity index (χ2n) is 5.93. The van der Waals surface area contributed by atoms with Crippen molar-refractivity contribution in [1.82, 2.24) is 15.2 Å². The maximum absolute atomic E-state index is 6.11. The summed E-state index contributed by atoms with van der Waals surface area (Å²) in [5.74, 6) is 3.35. The van der Waals surface area contributed by atoms with Gasteiger partial charge in [-0.2, -0.15) is 4.98 Å². The third-order valence-corrected chi connectivity index (χ3v) is 4.22. The number of aromatic nitrogens is 3. The molecule has 0 spiro atoms. The van der Waals surface area contributed by atoms with Crippen LogP contribution in [0.4, 0.5) is 5.95 Å². The molecule has 0 bridgehead atoms. The van der Waals surface area contributed by atoms with E-state index in [-0.39, 0.29) is 6.04 Å². The van der Waals surface area contributed by atoms with E-state index >= 15 is 0 Å². The highest BCUT2D eigenvalue weighted by Crippen LogP contribution is 2.24. The third-order valence-electron chi connectivity index (χ3n) is 4.22. The standard InChI is InChI=1S/C13H25N5/c1-8(2)10(4)12-15-13(17-16-12)18-6-5-9(3)11(14)7-18/h8-11H,5-7,14H2,1-4H3,(H,15,16,17). The smallest absolute Gasteiger partial charge is 0.244 e. The van der Waals surface area contributed by atoms with E-state index in [1.807, 2.05) is 0 Å². The molecule has 5 heteroatoms. The Bertz CT molecular complexity index is 386. The number of H-pyrrole nitrogens is 1. The minimum Gasteiger partial charge on any atom is -0.338 e. The van der Waals surface area contributed by atoms with Crippen LogP contribution in [-0.4, -0.2) is 34.3 Å². The van der Waals surface area contributed by atoms with Crippen molar-refractivity contribution in [2.45, 2.75) is 46.1 Å². The Morgan fingerprint density at radius 3 is 2.72 bits per heavy atom. The fraction of sp³-hybridized carbons (Fsp3) is 0.846. The highest BCUT2D eigenvalue weighted by Gasteiger charge is 2.26. The van der Waals surface area contributed by atoms with Crippen LogP contribution in [-0.2, 0) is 0 Å². The highest BCUT2D eigenvalue weighted by atomic mass is 15.4. The lowest BCUT2D eigenvalue weighted by Gasteiger charge is -2.34. The van der Waals surface area contributed by atoms with Crippen molar-refractivity contribution in [3.8, 4) is 0 Å². The van der Waals surface area contributed by atoms with Gasteiger partial charge in [0.25, 0.3) is 0 Å². The summed E-state index contributed by atoms with van der Waals surface area (Å²) >= 11 is 0. The van der Waals surface area contributed by atoms with Gasteiger partial charge in [-0.3, -0.25) is 5.10 Å². The molecule has 1 aliphatic heterocycles. The van der Waals surface area contributed by atoms with Crippen molar-refractivity contribution in [3.05, 3.63) is 5.82 Å². The fourth-order valence-corrected chi connectivity index (χ4v) is 2.21. The zero-order valence-corrected chi connectivity index (χ0v) is 11.8. The van der Waals surface area contributed by atoms with E-state index in [1.165, 1.54) is 0 Å². The molecule has 0 amide bonds. The third kappa shape index (κ3) is 2.66. The Kier molecular flexibility index (Phi) is 3.90. The van der Waals surface area contributed by atoms with Crippen LogP contribution < -0.4 is 10.6 Å². The van der Waals surface area contributed by atoms with E-state index in [2.05, 4.69) is 47.8 Å². The first-order valence-electron chi connectivity index (χ1n) is 6.92. The lowest BCUT2D eigenvalue weighted by Crippen LogP contribution is -2.48. The van der Waals surface area contributed by atoms with Crippen molar-refractivity contribution in [1.29, 1.82) is 0 Å². The molecule has 2 rings (SSSR count). The van der Waals surface area contributed by atoms with Gasteiger partial charge >= 0.3 is 0 Å². The number of nitrogens with one attached hydrogen (secondary N) is 1. The molecule has 2 heterocycles. The molecule has 1 fully saturated rings. The molecule has 1 aliphatic rings. The van der Waals surface area contributed by atoms with Crippen molar-refractivity contribution < 1.29 is 0 Å². The minimum absolute atomic E-state index is 0.225. The summed E-state index contributed by atoms with van der Waals surface area (Å²) in [6.07, 6.45) is 1.12. The maximum atomic E-state index is 6.11. The number of piperidine rings is 1. The first-order valence-corrected chi connectivity index (χ1v) is 6.92. The number of aromatic amines is 1. The van der Waals surface area contributed by atoms with Crippen molar-refractivity contribution in [3.63, 3.8) is 0 Å². The molecular weight excluding hydrogens is 226 g/mol. The Morgan fingerprint density at radius 2 is 2.11 bits per heavy atom. The van der Waals surface area contributed by atoms with Crippen LogP contribution in [0.3, 0.4) is 0 Å². The Hall–Kier alpha value is -1.10. The SMILES string of the molecule is CC(C)C(C)c1nc(N2CCC(C)C(N)C2)n[nH]1. The largest absolute Gasteiger partial charge is 0.338 e. The van der Waals surface area contributed by atoms with Crippen LogP contribution in [0.15, 0.2) is 0 Å². The summed E-state index contributed by atoms with van der Waals surface area (Å²) in [4.78, 5) is 6.81. The van der Waals surface area contributed by atoms with Crippen molar-refractivity contribution in [2.24, 2.45) is 17.6 Å². The first-order chi connectivity index (χ1) is 8.49. The van der Waals surface area contributed by atoms with Gasteiger partial charge in [-0.05, 0) is 18.3 Å². The van der Waals surface area contributed by atoms with E-state index in [0.717, 1.165) is 31.3 Å². The molecule has 3 atom stereocenters. The zero-order valence-electron chi connectivity index (χ0n) is 11.8. The normalized spacial score (nSPS) is 26.7. The van der Waals surface area contributed by atoms with Gasteiger partial charge in [0.2, 0.25) is 5.95 Å². The first kappa shape index (κ1) is 13.3. The maximum Gasteiger partial charge on any atom is 0.244 e. The lowest BCUT2D eigenvalue weighted by molar-refractivity contribution is 0.376. The zero-order chi connectivity index (χ0) is 13.3. The average molecular weight is 251 g/mol. The van der Waals surface area contributed by atoms with Crippen molar-refractivity contribution >= 4 is 5.95 Å². The lowest BCUT2D eigenvalue weighted by atomic mass is 9.94. The number of anilines is 1. The molecule has 0 saturated carbocycles. The predicted octanol–water partition coefficient (Wildman–Crippen LogP) is 1.74. The Balaban J connectivity index is 2.06. The van der Waals surface area contributed by atoms with Crippen LogP contribution >= 0.6 is 0 Å². The molecule has 3 N–H and O–H groups in total. The molecule has 1 aromatic heterocycles. The van der Waals surface area contributed by atoms with Crippen LogP contribution in [0.5, 0.6) is 0 Å². The Labute approximate surface area is 109 Å². The second kappa shape index (κ2) is 5.26. The van der Waals surface area contributed by atoms with Crippen molar-refractivity contribution in [2.75, 3.05) is 18.0 Å². The summed E-state index contributed by atoms with van der Waals surface area (Å²) in [7, 11) is 0. The Morgan fingerprint density at radius 1 is 1.39 bits per heavy atom. The van der Waals surface area contributed by atoms with Gasteiger partial charge in [0, 0.05) is 25.0 Å². The molecule has 1 aromatic rings. The van der Waals surface area contributed by atoms with Crippen LogP contribution in [0, 0.1) is 11.8 Å². The number of nitrogens with two attached hydrogens (primary N) is 1. The van der Waals surface area contributed by atoms with Gasteiger partial charge < -0.3 is 10.6 Å². The number of hydrogen-bond donors (Lipinski definition) is 2. The molecule has 0 aliphatic carbocycles. The molecule has 0 radical (unpaired) electrons. The molecule has 5 nitrogen and oxygen atoms in total. The molecule has 3 unspecified atom stereocenters. The molecule has 1 saturated heterocycles. The van der Waals surface area contributed by atoms with E-state index in [9.17, 15) is 0 Å². The van der Waals surface area contributed by atoms with Crippen LogP contribution in [0.2, 0.25) is 0 Å². The molecule has 18 heavy (non-hydrogen) atoms. The highest BCUT2D eigenvalue weighted by molar-refractivity contribution is 5.30. The summed E-state index contributed by atoms with van der Waals surface area (Å²) in [6.45, 7) is 10.7. The van der Waals surface area contributed by atoms with E-state index in [0.29, 0.717) is 17.8 Å². The predicted molar refractivity (Wildman–Crippen MR) is 73.6 cm³/mol. The number of rotatable bonds is 3.